The number of amides is 1. The van der Waals surface area contributed by atoms with Gasteiger partial charge in [0.1, 0.15) is 17.3 Å². The van der Waals surface area contributed by atoms with Crippen LogP contribution < -0.4 is 9.47 Å². The molecule has 1 unspecified atom stereocenters. The Morgan fingerprint density at radius 3 is 2.52 bits per heavy atom. The zero-order valence-corrected chi connectivity index (χ0v) is 19.6. The van der Waals surface area contributed by atoms with Crippen molar-refractivity contribution < 1.29 is 24.2 Å². The highest BCUT2D eigenvalue weighted by Crippen LogP contribution is 2.45. The van der Waals surface area contributed by atoms with Crippen LogP contribution >= 0.6 is 11.6 Å². The maximum Gasteiger partial charge on any atom is 0.295 e. The Morgan fingerprint density at radius 1 is 1.09 bits per heavy atom. The van der Waals surface area contributed by atoms with E-state index in [1.165, 1.54) is 0 Å². The zero-order chi connectivity index (χ0) is 23.5. The molecule has 1 saturated heterocycles. The van der Waals surface area contributed by atoms with Gasteiger partial charge in [-0.3, -0.25) is 9.59 Å². The smallest absolute Gasteiger partial charge is 0.295 e. The number of aliphatic hydroxyl groups is 1. The zero-order valence-electron chi connectivity index (χ0n) is 18.8. The van der Waals surface area contributed by atoms with E-state index in [2.05, 4.69) is 0 Å². The van der Waals surface area contributed by atoms with Crippen LogP contribution in [0.4, 0.5) is 0 Å². The van der Waals surface area contributed by atoms with Crippen LogP contribution in [-0.2, 0) is 9.59 Å². The topological polar surface area (TPSA) is 76.1 Å². The second-order valence-corrected chi connectivity index (χ2v) is 8.73. The van der Waals surface area contributed by atoms with Crippen LogP contribution in [0.1, 0.15) is 56.2 Å². The number of carbonyl (C=O) groups is 2. The van der Waals surface area contributed by atoms with E-state index in [0.29, 0.717) is 34.3 Å². The highest BCUT2D eigenvalue weighted by molar-refractivity contribution is 6.46. The molecule has 0 radical (unpaired) electrons. The number of aliphatic hydroxyl groups excluding tert-OH is 1. The molecular formula is C26H28ClNO5. The number of ketones is 1. The lowest BCUT2D eigenvalue weighted by atomic mass is 9.90. The van der Waals surface area contributed by atoms with Crippen molar-refractivity contribution in [1.29, 1.82) is 0 Å². The molecule has 0 spiro atoms. The monoisotopic (exact) mass is 469 g/mol. The number of benzene rings is 2. The SMILES string of the molecule is CCOc1cc(/C(O)=C2\C(=O)C(=O)N(C3CCCCC3)C2c2ccccc2OC)ccc1Cl. The van der Waals surface area contributed by atoms with Gasteiger partial charge in [0.25, 0.3) is 11.7 Å². The van der Waals surface area contributed by atoms with E-state index in [4.69, 9.17) is 21.1 Å². The van der Waals surface area contributed by atoms with Crippen molar-refractivity contribution in [1.82, 2.24) is 4.90 Å². The number of likely N-dealkylation sites (tertiary alicyclic amines) is 1. The number of halogens is 1. The second kappa shape index (κ2) is 9.87. The van der Waals surface area contributed by atoms with Crippen LogP contribution in [0.25, 0.3) is 5.76 Å². The minimum Gasteiger partial charge on any atom is -0.507 e. The summed E-state index contributed by atoms with van der Waals surface area (Å²) in [5.41, 5.74) is 1.09. The highest BCUT2D eigenvalue weighted by atomic mass is 35.5. The number of ether oxygens (including phenoxy) is 2. The number of hydrogen-bond donors (Lipinski definition) is 1. The lowest BCUT2D eigenvalue weighted by Crippen LogP contribution is -2.40. The summed E-state index contributed by atoms with van der Waals surface area (Å²) in [6, 6.07) is 11.3. The lowest BCUT2D eigenvalue weighted by molar-refractivity contribution is -0.141. The average Bonchev–Trinajstić information content (AvgIpc) is 3.11. The Morgan fingerprint density at radius 2 is 1.82 bits per heavy atom. The number of rotatable bonds is 6. The van der Waals surface area contributed by atoms with Gasteiger partial charge in [0.15, 0.2) is 0 Å². The van der Waals surface area contributed by atoms with E-state index in [1.54, 1.807) is 36.3 Å². The summed E-state index contributed by atoms with van der Waals surface area (Å²) in [6.45, 7) is 2.23. The molecule has 4 rings (SSSR count). The van der Waals surface area contributed by atoms with Crippen molar-refractivity contribution in [2.75, 3.05) is 13.7 Å². The molecule has 1 N–H and O–H groups in total. The van der Waals surface area contributed by atoms with E-state index < -0.39 is 17.7 Å². The van der Waals surface area contributed by atoms with Crippen molar-refractivity contribution in [3.63, 3.8) is 0 Å². The number of Topliss-reactive ketones (excluding diaryl/α,β-unsaturated/α-hetero) is 1. The lowest BCUT2D eigenvalue weighted by Gasteiger charge is -2.35. The van der Waals surface area contributed by atoms with Crippen molar-refractivity contribution in [3.8, 4) is 11.5 Å². The molecular weight excluding hydrogens is 442 g/mol. The summed E-state index contributed by atoms with van der Waals surface area (Å²) in [7, 11) is 1.55. The number of nitrogens with zero attached hydrogens (tertiary/aromatic N) is 1. The number of methoxy groups -OCH3 is 1. The van der Waals surface area contributed by atoms with Gasteiger partial charge in [-0.25, -0.2) is 0 Å². The predicted molar refractivity (Wildman–Crippen MR) is 127 cm³/mol. The van der Waals surface area contributed by atoms with Gasteiger partial charge in [0, 0.05) is 17.2 Å². The van der Waals surface area contributed by atoms with Gasteiger partial charge in [-0.15, -0.1) is 0 Å². The molecule has 2 aliphatic rings. The Labute approximate surface area is 198 Å². The first-order valence-corrected chi connectivity index (χ1v) is 11.7. The first-order chi connectivity index (χ1) is 16.0. The summed E-state index contributed by atoms with van der Waals surface area (Å²) in [5.74, 6) is -0.568. The quantitative estimate of drug-likeness (QED) is 0.343. The fourth-order valence-electron chi connectivity index (χ4n) is 4.86. The van der Waals surface area contributed by atoms with Crippen molar-refractivity contribution in [2.24, 2.45) is 0 Å². The Balaban J connectivity index is 1.90. The minimum atomic E-state index is -0.740. The molecule has 33 heavy (non-hydrogen) atoms. The summed E-state index contributed by atoms with van der Waals surface area (Å²) in [6.07, 6.45) is 4.77. The van der Waals surface area contributed by atoms with E-state index in [-0.39, 0.29) is 17.4 Å². The summed E-state index contributed by atoms with van der Waals surface area (Å²) in [5, 5.41) is 11.7. The molecule has 1 aliphatic heterocycles. The molecule has 2 aromatic carbocycles. The van der Waals surface area contributed by atoms with Crippen LogP contribution in [0.15, 0.2) is 48.0 Å². The minimum absolute atomic E-state index is 0.0554. The van der Waals surface area contributed by atoms with E-state index >= 15 is 0 Å². The second-order valence-electron chi connectivity index (χ2n) is 8.32. The molecule has 0 bridgehead atoms. The van der Waals surface area contributed by atoms with Crippen LogP contribution in [0, 0.1) is 0 Å². The molecule has 0 aromatic heterocycles. The van der Waals surface area contributed by atoms with E-state index in [1.807, 2.05) is 25.1 Å². The molecule has 174 valence electrons. The van der Waals surface area contributed by atoms with Gasteiger partial charge in [-0.1, -0.05) is 49.1 Å². The maximum atomic E-state index is 13.3. The van der Waals surface area contributed by atoms with Crippen LogP contribution in [-0.4, -0.2) is 41.5 Å². The molecule has 6 nitrogen and oxygen atoms in total. The highest BCUT2D eigenvalue weighted by Gasteiger charge is 2.49. The molecule has 2 aromatic rings. The summed E-state index contributed by atoms with van der Waals surface area (Å²) < 4.78 is 11.1. The molecule has 1 amide bonds. The average molecular weight is 470 g/mol. The van der Waals surface area contributed by atoms with Crippen LogP contribution in [0.3, 0.4) is 0 Å². The Kier molecular flexibility index (Phi) is 6.94. The van der Waals surface area contributed by atoms with Crippen LogP contribution in [0.5, 0.6) is 11.5 Å². The normalized spacial score (nSPS) is 20.8. The number of hydrogen-bond acceptors (Lipinski definition) is 5. The van der Waals surface area contributed by atoms with Gasteiger partial charge in [0.05, 0.1) is 30.4 Å². The van der Waals surface area contributed by atoms with E-state index in [9.17, 15) is 14.7 Å². The molecule has 1 atom stereocenters. The molecule has 1 saturated carbocycles. The van der Waals surface area contributed by atoms with E-state index in [0.717, 1.165) is 32.1 Å². The van der Waals surface area contributed by atoms with Gasteiger partial charge in [-0.2, -0.15) is 0 Å². The third-order valence-corrected chi connectivity index (χ3v) is 6.70. The number of para-hydroxylation sites is 1. The maximum absolute atomic E-state index is 13.3. The fraction of sp³-hybridized carbons (Fsp3) is 0.385. The molecule has 2 fully saturated rings. The van der Waals surface area contributed by atoms with Crippen molar-refractivity contribution in [3.05, 3.63) is 64.2 Å². The third-order valence-electron chi connectivity index (χ3n) is 6.39. The van der Waals surface area contributed by atoms with Crippen molar-refractivity contribution >= 4 is 29.1 Å². The predicted octanol–water partition coefficient (Wildman–Crippen LogP) is 5.50. The standard InChI is InChI=1S/C26H28ClNO5/c1-3-33-21-15-16(13-14-19(21)27)24(29)22-23(18-11-7-8-12-20(18)32-2)28(26(31)25(22)30)17-9-5-4-6-10-17/h7-8,11-15,17,23,29H,3-6,9-10H2,1-2H3/b24-22+. The molecule has 1 aliphatic carbocycles. The van der Waals surface area contributed by atoms with Gasteiger partial charge in [0.2, 0.25) is 0 Å². The number of carbonyl (C=O) groups excluding carboxylic acids is 2. The van der Waals surface area contributed by atoms with Crippen molar-refractivity contribution in [2.45, 2.75) is 51.1 Å². The Hall–Kier alpha value is -2.99. The summed E-state index contributed by atoms with van der Waals surface area (Å²) >= 11 is 6.21. The van der Waals surface area contributed by atoms with Gasteiger partial charge in [-0.05, 0) is 44.0 Å². The van der Waals surface area contributed by atoms with Crippen LogP contribution in [0.2, 0.25) is 5.02 Å². The fourth-order valence-corrected chi connectivity index (χ4v) is 5.03. The first-order valence-electron chi connectivity index (χ1n) is 11.3. The first kappa shape index (κ1) is 23.2. The summed E-state index contributed by atoms with van der Waals surface area (Å²) in [4.78, 5) is 28.3. The Bertz CT molecular complexity index is 1090. The molecule has 7 heteroatoms. The third kappa shape index (κ3) is 4.32. The largest absolute Gasteiger partial charge is 0.507 e. The molecule has 1 heterocycles. The van der Waals surface area contributed by atoms with Gasteiger partial charge < -0.3 is 19.5 Å². The van der Waals surface area contributed by atoms with Gasteiger partial charge >= 0.3 is 0 Å².